The molecule has 1 aromatic rings. The van der Waals surface area contributed by atoms with Gasteiger partial charge in [0.25, 0.3) is 0 Å². The number of halogens is 1. The van der Waals surface area contributed by atoms with Gasteiger partial charge in [-0.3, -0.25) is 0 Å². The fourth-order valence-corrected chi connectivity index (χ4v) is 1.20. The maximum atomic E-state index is 5.71. The van der Waals surface area contributed by atoms with Crippen molar-refractivity contribution in [2.45, 2.75) is 20.4 Å². The van der Waals surface area contributed by atoms with Crippen molar-refractivity contribution in [2.75, 3.05) is 5.73 Å². The minimum absolute atomic E-state index is 0.778. The molecule has 1 aromatic heterocycles. The SMILES string of the molecule is CCn1nc(C)c(I)c1N. The van der Waals surface area contributed by atoms with Gasteiger partial charge in [-0.25, -0.2) is 4.68 Å². The van der Waals surface area contributed by atoms with Crippen LogP contribution in [0.25, 0.3) is 0 Å². The summed E-state index contributed by atoms with van der Waals surface area (Å²) in [7, 11) is 0. The molecule has 0 aliphatic rings. The molecule has 0 atom stereocenters. The first-order chi connectivity index (χ1) is 4.66. The molecule has 0 aromatic carbocycles. The van der Waals surface area contributed by atoms with E-state index in [9.17, 15) is 0 Å². The first kappa shape index (κ1) is 7.84. The third-order valence-electron chi connectivity index (χ3n) is 1.39. The van der Waals surface area contributed by atoms with Crippen molar-refractivity contribution >= 4 is 28.4 Å². The molecule has 0 saturated heterocycles. The van der Waals surface area contributed by atoms with Crippen LogP contribution < -0.4 is 5.73 Å². The van der Waals surface area contributed by atoms with Crippen LogP contribution in [-0.4, -0.2) is 9.78 Å². The van der Waals surface area contributed by atoms with E-state index in [1.165, 1.54) is 0 Å². The average molecular weight is 251 g/mol. The molecule has 4 heteroatoms. The summed E-state index contributed by atoms with van der Waals surface area (Å²) >= 11 is 2.20. The van der Waals surface area contributed by atoms with Gasteiger partial charge in [-0.1, -0.05) is 0 Å². The molecule has 3 nitrogen and oxygen atoms in total. The molecule has 0 saturated carbocycles. The Hall–Kier alpha value is -0.260. The molecule has 0 unspecified atom stereocenters. The summed E-state index contributed by atoms with van der Waals surface area (Å²) in [6.45, 7) is 4.83. The van der Waals surface area contributed by atoms with E-state index in [2.05, 4.69) is 27.7 Å². The largest absolute Gasteiger partial charge is 0.383 e. The zero-order valence-corrected chi connectivity index (χ0v) is 8.21. The molecule has 1 heterocycles. The standard InChI is InChI=1S/C6H10IN3/c1-3-10-6(8)5(7)4(2)9-10/h3,8H2,1-2H3. The van der Waals surface area contributed by atoms with Crippen molar-refractivity contribution in [1.82, 2.24) is 9.78 Å². The highest BCUT2D eigenvalue weighted by atomic mass is 127. The number of anilines is 1. The van der Waals surface area contributed by atoms with Crippen LogP contribution in [0.5, 0.6) is 0 Å². The summed E-state index contributed by atoms with van der Waals surface area (Å²) in [4.78, 5) is 0. The summed E-state index contributed by atoms with van der Waals surface area (Å²) in [5, 5.41) is 4.21. The number of hydrogen-bond donors (Lipinski definition) is 1. The summed E-state index contributed by atoms with van der Waals surface area (Å²) in [5.74, 6) is 0.778. The highest BCUT2D eigenvalue weighted by Gasteiger charge is 2.06. The monoisotopic (exact) mass is 251 g/mol. The molecule has 1 rings (SSSR count). The van der Waals surface area contributed by atoms with Gasteiger partial charge in [-0.05, 0) is 36.4 Å². The van der Waals surface area contributed by atoms with Crippen molar-refractivity contribution in [3.05, 3.63) is 9.26 Å². The predicted octanol–water partition coefficient (Wildman–Crippen LogP) is 1.40. The Balaban J connectivity index is 3.17. The molecule has 0 radical (unpaired) electrons. The maximum absolute atomic E-state index is 5.71. The first-order valence-electron chi connectivity index (χ1n) is 3.15. The lowest BCUT2D eigenvalue weighted by atomic mass is 10.5. The Morgan fingerprint density at radius 3 is 2.50 bits per heavy atom. The van der Waals surface area contributed by atoms with Crippen LogP contribution in [0.2, 0.25) is 0 Å². The van der Waals surface area contributed by atoms with Crippen LogP contribution >= 0.6 is 22.6 Å². The second kappa shape index (κ2) is 2.77. The van der Waals surface area contributed by atoms with Crippen LogP contribution in [0.3, 0.4) is 0 Å². The van der Waals surface area contributed by atoms with Gasteiger partial charge >= 0.3 is 0 Å². The van der Waals surface area contributed by atoms with Crippen LogP contribution in [0.15, 0.2) is 0 Å². The van der Waals surface area contributed by atoms with E-state index in [-0.39, 0.29) is 0 Å². The van der Waals surface area contributed by atoms with Crippen molar-refractivity contribution in [1.29, 1.82) is 0 Å². The summed E-state index contributed by atoms with van der Waals surface area (Å²) in [6, 6.07) is 0. The van der Waals surface area contributed by atoms with Crippen LogP contribution in [0.1, 0.15) is 12.6 Å². The highest BCUT2D eigenvalue weighted by molar-refractivity contribution is 14.1. The molecule has 0 amide bonds. The second-order valence-corrected chi connectivity index (χ2v) is 3.18. The van der Waals surface area contributed by atoms with E-state index in [0.717, 1.165) is 21.6 Å². The molecular formula is C6H10IN3. The molecule has 0 bridgehead atoms. The Labute approximate surface area is 73.7 Å². The number of nitrogens with zero attached hydrogens (tertiary/aromatic N) is 2. The Morgan fingerprint density at radius 2 is 2.30 bits per heavy atom. The quantitative estimate of drug-likeness (QED) is 0.766. The van der Waals surface area contributed by atoms with Gasteiger partial charge < -0.3 is 5.73 Å². The second-order valence-electron chi connectivity index (χ2n) is 2.10. The number of rotatable bonds is 1. The molecular weight excluding hydrogens is 241 g/mol. The smallest absolute Gasteiger partial charge is 0.135 e. The van der Waals surface area contributed by atoms with Gasteiger partial charge in [0.1, 0.15) is 5.82 Å². The lowest BCUT2D eigenvalue weighted by Crippen LogP contribution is -2.02. The summed E-state index contributed by atoms with van der Waals surface area (Å²) < 4.78 is 2.87. The number of hydrogen-bond acceptors (Lipinski definition) is 2. The fourth-order valence-electron chi connectivity index (χ4n) is 0.819. The van der Waals surface area contributed by atoms with Gasteiger partial charge in [-0.15, -0.1) is 0 Å². The van der Waals surface area contributed by atoms with E-state index in [1.807, 2.05) is 13.8 Å². The van der Waals surface area contributed by atoms with E-state index >= 15 is 0 Å². The Morgan fingerprint density at radius 1 is 1.70 bits per heavy atom. The van der Waals surface area contributed by atoms with E-state index in [0.29, 0.717) is 0 Å². The van der Waals surface area contributed by atoms with Crippen molar-refractivity contribution in [3.8, 4) is 0 Å². The zero-order valence-electron chi connectivity index (χ0n) is 6.06. The molecule has 0 fully saturated rings. The molecule has 0 spiro atoms. The maximum Gasteiger partial charge on any atom is 0.135 e. The lowest BCUT2D eigenvalue weighted by Gasteiger charge is -1.96. The van der Waals surface area contributed by atoms with Crippen molar-refractivity contribution in [3.63, 3.8) is 0 Å². The third-order valence-corrected chi connectivity index (χ3v) is 2.72. The Kier molecular flexibility index (Phi) is 2.18. The van der Waals surface area contributed by atoms with Crippen LogP contribution in [-0.2, 0) is 6.54 Å². The average Bonchev–Trinajstić information content (AvgIpc) is 2.17. The molecule has 56 valence electrons. The van der Waals surface area contributed by atoms with Gasteiger partial charge in [0.05, 0.1) is 9.26 Å². The van der Waals surface area contributed by atoms with Crippen molar-refractivity contribution < 1.29 is 0 Å². The van der Waals surface area contributed by atoms with Crippen LogP contribution in [0.4, 0.5) is 5.82 Å². The lowest BCUT2D eigenvalue weighted by molar-refractivity contribution is 0.663. The Bertz CT molecular complexity index is 241. The first-order valence-corrected chi connectivity index (χ1v) is 4.23. The topological polar surface area (TPSA) is 43.8 Å². The van der Waals surface area contributed by atoms with Crippen LogP contribution in [0, 0.1) is 10.5 Å². The number of nitrogen functional groups attached to an aromatic ring is 1. The van der Waals surface area contributed by atoms with Gasteiger partial charge in [0.15, 0.2) is 0 Å². The molecule has 2 N–H and O–H groups in total. The molecule has 0 aliphatic heterocycles. The van der Waals surface area contributed by atoms with Gasteiger partial charge in [0, 0.05) is 6.54 Å². The van der Waals surface area contributed by atoms with E-state index < -0.39 is 0 Å². The minimum Gasteiger partial charge on any atom is -0.383 e. The van der Waals surface area contributed by atoms with E-state index in [1.54, 1.807) is 4.68 Å². The predicted molar refractivity (Wildman–Crippen MR) is 49.8 cm³/mol. The van der Waals surface area contributed by atoms with Gasteiger partial charge in [-0.2, -0.15) is 5.10 Å². The number of aromatic nitrogens is 2. The van der Waals surface area contributed by atoms with Gasteiger partial charge in [0.2, 0.25) is 0 Å². The third kappa shape index (κ3) is 1.12. The summed E-state index contributed by atoms with van der Waals surface area (Å²) in [6.07, 6.45) is 0. The fraction of sp³-hybridized carbons (Fsp3) is 0.500. The zero-order chi connectivity index (χ0) is 7.72. The van der Waals surface area contributed by atoms with Crippen molar-refractivity contribution in [2.24, 2.45) is 0 Å². The minimum atomic E-state index is 0.778. The molecule has 0 aliphatic carbocycles. The number of aryl methyl sites for hydroxylation is 2. The molecule has 10 heavy (non-hydrogen) atoms. The summed E-state index contributed by atoms with van der Waals surface area (Å²) in [5.41, 5.74) is 6.72. The normalized spacial score (nSPS) is 10.3. The van der Waals surface area contributed by atoms with E-state index in [4.69, 9.17) is 5.73 Å². The number of nitrogens with two attached hydrogens (primary N) is 1. The highest BCUT2D eigenvalue weighted by Crippen LogP contribution is 2.17.